The zero-order valence-electron chi connectivity index (χ0n) is 23.9. The molecular weight excluding hydrogens is 520 g/mol. The molecular formula is C29H34N10O2. The van der Waals surface area contributed by atoms with E-state index >= 15 is 0 Å². The molecule has 5 aromatic heterocycles. The van der Waals surface area contributed by atoms with Crippen molar-refractivity contribution in [3.63, 3.8) is 0 Å². The van der Waals surface area contributed by atoms with Gasteiger partial charge < -0.3 is 28.7 Å². The van der Waals surface area contributed by atoms with Crippen molar-refractivity contribution in [2.45, 2.75) is 6.92 Å². The highest BCUT2D eigenvalue weighted by Crippen LogP contribution is 2.34. The van der Waals surface area contributed by atoms with Crippen molar-refractivity contribution in [1.82, 2.24) is 39.2 Å². The molecule has 0 bridgehead atoms. The normalized spacial score (nSPS) is 16.7. The lowest BCUT2D eigenvalue weighted by molar-refractivity contribution is 0.122. The maximum Gasteiger partial charge on any atom is 0.206 e. The fourth-order valence-corrected chi connectivity index (χ4v) is 5.79. The van der Waals surface area contributed by atoms with Crippen molar-refractivity contribution >= 4 is 33.7 Å². The Morgan fingerprint density at radius 1 is 0.878 bits per heavy atom. The predicted molar refractivity (Wildman–Crippen MR) is 158 cm³/mol. The van der Waals surface area contributed by atoms with Gasteiger partial charge in [-0.05, 0) is 26.1 Å². The van der Waals surface area contributed by atoms with Crippen LogP contribution in [0.25, 0.3) is 39.0 Å². The Morgan fingerprint density at radius 2 is 1.68 bits per heavy atom. The zero-order chi connectivity index (χ0) is 28.1. The molecule has 2 saturated heterocycles. The molecule has 0 spiro atoms. The minimum Gasteiger partial charge on any atom is -0.496 e. The summed E-state index contributed by atoms with van der Waals surface area (Å²) in [5.41, 5.74) is 5.32. The van der Waals surface area contributed by atoms with Gasteiger partial charge in [0.15, 0.2) is 11.6 Å². The predicted octanol–water partition coefficient (Wildman–Crippen LogP) is 2.67. The van der Waals surface area contributed by atoms with Gasteiger partial charge in [-0.1, -0.05) is 0 Å². The number of aromatic nitrogens is 7. The number of piperazine rings is 1. The van der Waals surface area contributed by atoms with Crippen LogP contribution in [0.2, 0.25) is 0 Å². The molecule has 0 aliphatic carbocycles. The molecule has 0 unspecified atom stereocenters. The third-order valence-electron chi connectivity index (χ3n) is 8.16. The first-order chi connectivity index (χ1) is 20.0. The van der Waals surface area contributed by atoms with Crippen LogP contribution in [0.1, 0.15) is 5.69 Å². The summed E-state index contributed by atoms with van der Waals surface area (Å²) >= 11 is 0. The highest BCUT2D eigenvalue weighted by Gasteiger charge is 2.25. The lowest BCUT2D eigenvalue weighted by atomic mass is 10.1. The molecule has 12 nitrogen and oxygen atoms in total. The van der Waals surface area contributed by atoms with Crippen molar-refractivity contribution in [2.24, 2.45) is 7.05 Å². The Bertz CT molecular complexity index is 1730. The summed E-state index contributed by atoms with van der Waals surface area (Å²) in [6.07, 6.45) is 5.36. The topological polar surface area (TPSA) is 102 Å². The van der Waals surface area contributed by atoms with Gasteiger partial charge >= 0.3 is 0 Å². The highest BCUT2D eigenvalue weighted by atomic mass is 16.5. The third-order valence-corrected chi connectivity index (χ3v) is 8.16. The molecule has 0 aromatic carbocycles. The van der Waals surface area contributed by atoms with E-state index in [-0.39, 0.29) is 0 Å². The summed E-state index contributed by atoms with van der Waals surface area (Å²) in [5, 5.41) is 5.78. The van der Waals surface area contributed by atoms with Crippen molar-refractivity contribution in [3.05, 3.63) is 42.5 Å². The summed E-state index contributed by atoms with van der Waals surface area (Å²) in [4.78, 5) is 26.6. The fraction of sp³-hybridized carbons (Fsp3) is 0.414. The Hall–Kier alpha value is -4.29. The van der Waals surface area contributed by atoms with E-state index < -0.39 is 0 Å². The number of fused-ring (bicyclic) bond motifs is 2. The summed E-state index contributed by atoms with van der Waals surface area (Å²) in [6, 6.07) is 5.98. The van der Waals surface area contributed by atoms with Crippen LogP contribution in [-0.4, -0.2) is 106 Å². The monoisotopic (exact) mass is 554 g/mol. The minimum absolute atomic E-state index is 0.664. The van der Waals surface area contributed by atoms with Crippen LogP contribution in [-0.2, 0) is 11.8 Å². The number of nitrogens with zero attached hydrogens (tertiary/aromatic N) is 10. The van der Waals surface area contributed by atoms with Crippen LogP contribution < -0.4 is 14.5 Å². The van der Waals surface area contributed by atoms with Gasteiger partial charge in [0.1, 0.15) is 11.3 Å². The second-order valence-corrected chi connectivity index (χ2v) is 10.7. The molecule has 0 amide bonds. The third kappa shape index (κ3) is 4.43. The molecule has 2 aliphatic rings. The van der Waals surface area contributed by atoms with Crippen LogP contribution in [0.15, 0.2) is 36.8 Å². The van der Waals surface area contributed by atoms with E-state index in [1.54, 1.807) is 19.5 Å². The van der Waals surface area contributed by atoms with E-state index in [2.05, 4.69) is 44.4 Å². The number of likely N-dealkylation sites (N-methyl/N-ethyl adjacent to an activating group) is 1. The molecule has 7 heterocycles. The van der Waals surface area contributed by atoms with Crippen LogP contribution in [0.4, 0.5) is 11.8 Å². The standard InChI is InChI=1S/C29H34N10O2/c1-19-20-18-31-39(23(20)15-22(32-19)21-17-30-6-5-25(21)40-4)26-16-24-27(28(33-26)37-11-13-41-14-12-37)34-29(36(24)3)38-9-7-35(2)8-10-38/h5-6,15-18H,7-14H2,1-4H3. The number of aryl methyl sites for hydroxylation is 2. The van der Waals surface area contributed by atoms with E-state index in [1.807, 2.05) is 29.9 Å². The molecule has 212 valence electrons. The Kier molecular flexibility index (Phi) is 6.43. The number of hydrogen-bond donors (Lipinski definition) is 0. The molecule has 2 fully saturated rings. The van der Waals surface area contributed by atoms with Gasteiger partial charge in [0, 0.05) is 75.9 Å². The summed E-state index contributed by atoms with van der Waals surface area (Å²) in [5.74, 6) is 3.28. The van der Waals surface area contributed by atoms with Crippen molar-refractivity contribution in [1.29, 1.82) is 0 Å². The number of morpholine rings is 1. The first-order valence-corrected chi connectivity index (χ1v) is 14.0. The fourth-order valence-electron chi connectivity index (χ4n) is 5.79. The highest BCUT2D eigenvalue weighted by molar-refractivity contribution is 5.92. The Labute approximate surface area is 238 Å². The molecule has 0 atom stereocenters. The van der Waals surface area contributed by atoms with Crippen molar-refractivity contribution in [2.75, 3.05) is 76.4 Å². The molecule has 0 radical (unpaired) electrons. The van der Waals surface area contributed by atoms with E-state index in [0.717, 1.165) is 101 Å². The molecule has 2 aliphatic heterocycles. The quantitative estimate of drug-likeness (QED) is 0.322. The maximum absolute atomic E-state index is 5.67. The largest absolute Gasteiger partial charge is 0.496 e. The van der Waals surface area contributed by atoms with Gasteiger partial charge in [-0.3, -0.25) is 9.97 Å². The van der Waals surface area contributed by atoms with Gasteiger partial charge in [0.25, 0.3) is 0 Å². The first-order valence-electron chi connectivity index (χ1n) is 14.0. The number of anilines is 2. The lowest BCUT2D eigenvalue weighted by Gasteiger charge is -2.32. The number of rotatable bonds is 5. The summed E-state index contributed by atoms with van der Waals surface area (Å²) in [6.45, 7) is 8.77. The Morgan fingerprint density at radius 3 is 2.46 bits per heavy atom. The first kappa shape index (κ1) is 25.7. The van der Waals surface area contributed by atoms with Crippen LogP contribution in [0, 0.1) is 6.92 Å². The lowest BCUT2D eigenvalue weighted by Crippen LogP contribution is -2.45. The van der Waals surface area contributed by atoms with Gasteiger partial charge in [-0.25, -0.2) is 14.6 Å². The SMILES string of the molecule is COc1ccncc1-c1cc2c(cnn2-c2cc3c(nc(N4CCN(C)CC4)n3C)c(N3CCOCC3)n2)c(C)n1. The zero-order valence-corrected chi connectivity index (χ0v) is 23.9. The average molecular weight is 555 g/mol. The van der Waals surface area contributed by atoms with Crippen LogP contribution in [0.5, 0.6) is 5.75 Å². The number of pyridine rings is 3. The van der Waals surface area contributed by atoms with Crippen LogP contribution in [0.3, 0.4) is 0 Å². The molecule has 7 rings (SSSR count). The van der Waals surface area contributed by atoms with Gasteiger partial charge in [0.2, 0.25) is 5.95 Å². The number of methoxy groups -OCH3 is 1. The van der Waals surface area contributed by atoms with E-state index in [0.29, 0.717) is 13.2 Å². The second kappa shape index (κ2) is 10.3. The molecule has 5 aromatic rings. The number of hydrogen-bond acceptors (Lipinski definition) is 10. The van der Waals surface area contributed by atoms with E-state index in [9.17, 15) is 0 Å². The number of ether oxygens (including phenoxy) is 2. The molecule has 0 N–H and O–H groups in total. The molecule has 41 heavy (non-hydrogen) atoms. The summed E-state index contributed by atoms with van der Waals surface area (Å²) < 4.78 is 15.4. The van der Waals surface area contributed by atoms with E-state index in [4.69, 9.17) is 29.5 Å². The average Bonchev–Trinajstić information content (AvgIpc) is 3.59. The van der Waals surface area contributed by atoms with Crippen LogP contribution >= 0.6 is 0 Å². The molecule has 0 saturated carbocycles. The van der Waals surface area contributed by atoms with Crippen molar-refractivity contribution in [3.8, 4) is 22.8 Å². The minimum atomic E-state index is 0.664. The smallest absolute Gasteiger partial charge is 0.206 e. The van der Waals surface area contributed by atoms with Gasteiger partial charge in [-0.15, -0.1) is 0 Å². The Balaban J connectivity index is 1.40. The maximum atomic E-state index is 5.67. The van der Waals surface area contributed by atoms with Gasteiger partial charge in [0.05, 0.1) is 48.8 Å². The second-order valence-electron chi connectivity index (χ2n) is 10.7. The number of imidazole rings is 1. The molecule has 12 heteroatoms. The van der Waals surface area contributed by atoms with E-state index in [1.165, 1.54) is 0 Å². The van der Waals surface area contributed by atoms with Gasteiger partial charge in [-0.2, -0.15) is 5.10 Å². The summed E-state index contributed by atoms with van der Waals surface area (Å²) in [7, 11) is 5.92. The van der Waals surface area contributed by atoms with Crippen molar-refractivity contribution < 1.29 is 9.47 Å².